The second-order valence-corrected chi connectivity index (χ2v) is 4.72. The standard InChI is InChI=1S/C17H18N2O3/c1-12(14-10-6-7-11-15(14)20)18-19-17(21)16(22-2)13-8-4-3-5-9-13/h3-11,16,20H,1-2H3,(H,19,21)/b18-12-/t16-/m1/s1. The average molecular weight is 298 g/mol. The molecule has 114 valence electrons. The van der Waals surface area contributed by atoms with Crippen LogP contribution in [0.1, 0.15) is 24.2 Å². The molecule has 0 fully saturated rings. The molecule has 1 amide bonds. The number of para-hydroxylation sites is 1. The molecule has 0 saturated carbocycles. The Bertz CT molecular complexity index is 669. The molecule has 0 aliphatic rings. The Morgan fingerprint density at radius 2 is 1.77 bits per heavy atom. The van der Waals surface area contributed by atoms with E-state index in [-0.39, 0.29) is 11.7 Å². The number of amides is 1. The highest BCUT2D eigenvalue weighted by atomic mass is 16.5. The predicted octanol–water partition coefficient (Wildman–Crippen LogP) is 2.62. The Balaban J connectivity index is 2.11. The molecule has 0 saturated heterocycles. The van der Waals surface area contributed by atoms with Crippen LogP contribution in [0, 0.1) is 0 Å². The minimum absolute atomic E-state index is 0.115. The van der Waals surface area contributed by atoms with Gasteiger partial charge in [-0.05, 0) is 24.6 Å². The summed E-state index contributed by atoms with van der Waals surface area (Å²) in [7, 11) is 1.47. The Morgan fingerprint density at radius 3 is 2.41 bits per heavy atom. The van der Waals surface area contributed by atoms with Crippen LogP contribution in [0.4, 0.5) is 0 Å². The number of hydrogen-bond acceptors (Lipinski definition) is 4. The lowest BCUT2D eigenvalue weighted by Crippen LogP contribution is -2.27. The number of methoxy groups -OCH3 is 1. The number of hydrogen-bond donors (Lipinski definition) is 2. The lowest BCUT2D eigenvalue weighted by atomic mass is 10.1. The number of phenolic OH excluding ortho intramolecular Hbond substituents is 1. The van der Waals surface area contributed by atoms with E-state index >= 15 is 0 Å². The highest BCUT2D eigenvalue weighted by Crippen LogP contribution is 2.18. The van der Waals surface area contributed by atoms with Crippen LogP contribution >= 0.6 is 0 Å². The normalized spacial score (nSPS) is 12.7. The van der Waals surface area contributed by atoms with Crippen molar-refractivity contribution in [3.63, 3.8) is 0 Å². The summed E-state index contributed by atoms with van der Waals surface area (Å²) in [4.78, 5) is 12.2. The molecule has 0 heterocycles. The maximum absolute atomic E-state index is 12.2. The third-order valence-corrected chi connectivity index (χ3v) is 3.20. The van der Waals surface area contributed by atoms with Gasteiger partial charge >= 0.3 is 0 Å². The summed E-state index contributed by atoms with van der Waals surface area (Å²) >= 11 is 0. The molecule has 2 aromatic carbocycles. The quantitative estimate of drug-likeness (QED) is 0.658. The predicted molar refractivity (Wildman–Crippen MR) is 84.7 cm³/mol. The van der Waals surface area contributed by atoms with Crippen LogP contribution in [0.15, 0.2) is 59.7 Å². The van der Waals surface area contributed by atoms with E-state index in [1.807, 2.05) is 30.3 Å². The van der Waals surface area contributed by atoms with Crippen LogP contribution in [0.5, 0.6) is 5.75 Å². The van der Waals surface area contributed by atoms with Gasteiger partial charge in [-0.1, -0.05) is 42.5 Å². The molecule has 5 nitrogen and oxygen atoms in total. The van der Waals surface area contributed by atoms with E-state index in [4.69, 9.17) is 4.74 Å². The van der Waals surface area contributed by atoms with Gasteiger partial charge in [-0.25, -0.2) is 5.43 Å². The molecule has 0 spiro atoms. The minimum atomic E-state index is -0.734. The number of ether oxygens (including phenoxy) is 1. The summed E-state index contributed by atoms with van der Waals surface area (Å²) in [5.41, 5.74) is 4.29. The van der Waals surface area contributed by atoms with Gasteiger partial charge in [-0.15, -0.1) is 0 Å². The van der Waals surface area contributed by atoms with Crippen molar-refractivity contribution in [3.05, 3.63) is 65.7 Å². The molecule has 5 heteroatoms. The van der Waals surface area contributed by atoms with E-state index in [0.29, 0.717) is 11.3 Å². The number of aromatic hydroxyl groups is 1. The van der Waals surface area contributed by atoms with Gasteiger partial charge in [0.15, 0.2) is 6.10 Å². The van der Waals surface area contributed by atoms with Gasteiger partial charge in [0.25, 0.3) is 5.91 Å². The second-order valence-electron chi connectivity index (χ2n) is 4.72. The number of rotatable bonds is 5. The molecule has 2 aromatic rings. The lowest BCUT2D eigenvalue weighted by molar-refractivity contribution is -0.131. The molecule has 22 heavy (non-hydrogen) atoms. The SMILES string of the molecule is CO[C@@H](C(=O)N/N=C(/C)c1ccccc1O)c1ccccc1. The fourth-order valence-electron chi connectivity index (χ4n) is 2.06. The van der Waals surface area contributed by atoms with Gasteiger partial charge in [-0.2, -0.15) is 5.10 Å². The molecule has 0 radical (unpaired) electrons. The Morgan fingerprint density at radius 1 is 1.14 bits per heavy atom. The van der Waals surface area contributed by atoms with Crippen molar-refractivity contribution in [1.82, 2.24) is 5.43 Å². The first-order valence-electron chi connectivity index (χ1n) is 6.83. The number of carbonyl (C=O) groups is 1. The minimum Gasteiger partial charge on any atom is -0.507 e. The number of nitrogens with zero attached hydrogens (tertiary/aromatic N) is 1. The van der Waals surface area contributed by atoms with Crippen LogP contribution in [-0.2, 0) is 9.53 Å². The van der Waals surface area contributed by atoms with E-state index in [1.165, 1.54) is 7.11 Å². The maximum Gasteiger partial charge on any atom is 0.273 e. The fourth-order valence-corrected chi connectivity index (χ4v) is 2.06. The Labute approximate surface area is 129 Å². The van der Waals surface area contributed by atoms with E-state index in [9.17, 15) is 9.90 Å². The first-order valence-corrected chi connectivity index (χ1v) is 6.83. The van der Waals surface area contributed by atoms with E-state index in [1.54, 1.807) is 31.2 Å². The molecule has 1 atom stereocenters. The molecular formula is C17H18N2O3. The molecule has 0 bridgehead atoms. The number of nitrogens with one attached hydrogen (secondary N) is 1. The Hall–Kier alpha value is -2.66. The lowest BCUT2D eigenvalue weighted by Gasteiger charge is -2.14. The van der Waals surface area contributed by atoms with Crippen LogP contribution in [0.3, 0.4) is 0 Å². The van der Waals surface area contributed by atoms with Gasteiger partial charge in [0.2, 0.25) is 0 Å². The first kappa shape index (κ1) is 15.7. The fraction of sp³-hybridized carbons (Fsp3) is 0.176. The highest BCUT2D eigenvalue weighted by Gasteiger charge is 2.19. The first-order chi connectivity index (χ1) is 10.6. The van der Waals surface area contributed by atoms with Crippen molar-refractivity contribution >= 4 is 11.6 Å². The van der Waals surface area contributed by atoms with Crippen LogP contribution in [0.25, 0.3) is 0 Å². The zero-order chi connectivity index (χ0) is 15.9. The van der Waals surface area contributed by atoms with Gasteiger partial charge in [0.1, 0.15) is 5.75 Å². The van der Waals surface area contributed by atoms with Crippen molar-refractivity contribution in [2.45, 2.75) is 13.0 Å². The molecule has 0 aliphatic carbocycles. The van der Waals surface area contributed by atoms with Crippen molar-refractivity contribution in [3.8, 4) is 5.75 Å². The van der Waals surface area contributed by atoms with Gasteiger partial charge in [-0.3, -0.25) is 4.79 Å². The molecular weight excluding hydrogens is 280 g/mol. The van der Waals surface area contributed by atoms with Crippen LogP contribution < -0.4 is 5.43 Å². The van der Waals surface area contributed by atoms with Crippen molar-refractivity contribution in [1.29, 1.82) is 0 Å². The monoisotopic (exact) mass is 298 g/mol. The zero-order valence-electron chi connectivity index (χ0n) is 12.5. The average Bonchev–Trinajstić information content (AvgIpc) is 2.55. The number of carbonyl (C=O) groups excluding carboxylic acids is 1. The summed E-state index contributed by atoms with van der Waals surface area (Å²) in [5, 5.41) is 13.8. The summed E-state index contributed by atoms with van der Waals surface area (Å²) in [6.45, 7) is 1.71. The topological polar surface area (TPSA) is 70.9 Å². The third kappa shape index (κ3) is 3.71. The van der Waals surface area contributed by atoms with Crippen LogP contribution in [0.2, 0.25) is 0 Å². The largest absolute Gasteiger partial charge is 0.507 e. The highest BCUT2D eigenvalue weighted by molar-refractivity contribution is 6.01. The van der Waals surface area contributed by atoms with E-state index in [0.717, 1.165) is 5.56 Å². The summed E-state index contributed by atoms with van der Waals surface area (Å²) < 4.78 is 5.23. The van der Waals surface area contributed by atoms with Crippen molar-refractivity contribution < 1.29 is 14.6 Å². The summed E-state index contributed by atoms with van der Waals surface area (Å²) in [6, 6.07) is 16.0. The van der Waals surface area contributed by atoms with Gasteiger partial charge in [0.05, 0.1) is 5.71 Å². The third-order valence-electron chi connectivity index (χ3n) is 3.20. The van der Waals surface area contributed by atoms with Gasteiger partial charge in [0, 0.05) is 12.7 Å². The van der Waals surface area contributed by atoms with Gasteiger partial charge < -0.3 is 9.84 Å². The maximum atomic E-state index is 12.2. The summed E-state index contributed by atoms with van der Waals surface area (Å²) in [5.74, 6) is -0.257. The number of benzene rings is 2. The second kappa shape index (κ2) is 7.38. The number of hydrazone groups is 1. The smallest absolute Gasteiger partial charge is 0.273 e. The van der Waals surface area contributed by atoms with Crippen molar-refractivity contribution in [2.75, 3.05) is 7.11 Å². The van der Waals surface area contributed by atoms with Crippen molar-refractivity contribution in [2.24, 2.45) is 5.10 Å². The molecule has 0 aromatic heterocycles. The van der Waals surface area contributed by atoms with E-state index < -0.39 is 6.10 Å². The summed E-state index contributed by atoms with van der Waals surface area (Å²) in [6.07, 6.45) is -0.734. The van der Waals surface area contributed by atoms with E-state index in [2.05, 4.69) is 10.5 Å². The Kier molecular flexibility index (Phi) is 5.27. The molecule has 2 rings (SSSR count). The van der Waals surface area contributed by atoms with Crippen LogP contribution in [-0.4, -0.2) is 23.8 Å². The number of phenols is 1. The zero-order valence-corrected chi connectivity index (χ0v) is 12.5. The molecule has 2 N–H and O–H groups in total. The molecule has 0 aliphatic heterocycles. The molecule has 0 unspecified atom stereocenters.